The normalized spacial score (nSPS) is 20.7. The third kappa shape index (κ3) is 2.78. The van der Waals surface area contributed by atoms with Gasteiger partial charge in [0.2, 0.25) is 5.95 Å². The van der Waals surface area contributed by atoms with E-state index >= 15 is 0 Å². The first-order valence-electron chi connectivity index (χ1n) is 5.38. The molecule has 17 heavy (non-hydrogen) atoms. The minimum atomic E-state index is 0.344. The Kier molecular flexibility index (Phi) is 4.36. The first-order valence-corrected chi connectivity index (χ1v) is 7.36. The Morgan fingerprint density at radius 2 is 2.00 bits per heavy atom. The Morgan fingerprint density at radius 1 is 1.35 bits per heavy atom. The maximum Gasteiger partial charge on any atom is 0.228 e. The Balaban J connectivity index is 2.32. The summed E-state index contributed by atoms with van der Waals surface area (Å²) in [5, 5.41) is 4.18. The monoisotopic (exact) mass is 292 g/mol. The quantitative estimate of drug-likeness (QED) is 0.669. The molecule has 1 atom stereocenters. The van der Waals surface area contributed by atoms with Gasteiger partial charge >= 0.3 is 0 Å². The predicted molar refractivity (Wildman–Crippen MR) is 73.5 cm³/mol. The lowest BCUT2D eigenvalue weighted by atomic mass is 10.2. The van der Waals surface area contributed by atoms with Crippen molar-refractivity contribution >= 4 is 40.9 Å². The summed E-state index contributed by atoms with van der Waals surface area (Å²) < 4.78 is 0. The zero-order valence-corrected chi connectivity index (χ0v) is 12.0. The molecular weight excluding hydrogens is 279 g/mol. The second-order valence-electron chi connectivity index (χ2n) is 3.89. The minimum absolute atomic E-state index is 0.344. The predicted octanol–water partition coefficient (Wildman–Crippen LogP) is 2.30. The van der Waals surface area contributed by atoms with Gasteiger partial charge in [-0.05, 0) is 13.2 Å². The number of piperazine rings is 1. The van der Waals surface area contributed by atoms with Gasteiger partial charge in [0, 0.05) is 25.7 Å². The Hall–Kier alpha value is -0.230. The summed E-state index contributed by atoms with van der Waals surface area (Å²) in [6.45, 7) is 4.84. The van der Waals surface area contributed by atoms with Crippen molar-refractivity contribution in [1.82, 2.24) is 15.3 Å². The molecule has 0 bridgehead atoms. The largest absolute Gasteiger partial charge is 0.335 e. The van der Waals surface area contributed by atoms with Crippen LogP contribution in [-0.4, -0.2) is 41.9 Å². The van der Waals surface area contributed by atoms with Crippen molar-refractivity contribution in [3.05, 3.63) is 10.3 Å². The fraction of sp³-hybridized carbons (Fsp3) is 0.600. The van der Waals surface area contributed by atoms with Gasteiger partial charge in [-0.1, -0.05) is 23.2 Å². The molecule has 1 fully saturated rings. The molecule has 0 aliphatic carbocycles. The Morgan fingerprint density at radius 3 is 2.53 bits per heavy atom. The van der Waals surface area contributed by atoms with Gasteiger partial charge in [0.15, 0.2) is 0 Å². The van der Waals surface area contributed by atoms with E-state index in [9.17, 15) is 0 Å². The van der Waals surface area contributed by atoms with Crippen LogP contribution in [0.25, 0.3) is 0 Å². The van der Waals surface area contributed by atoms with Crippen LogP contribution in [0.2, 0.25) is 10.3 Å². The van der Waals surface area contributed by atoms with Crippen molar-refractivity contribution in [2.75, 3.05) is 30.8 Å². The third-order valence-corrected chi connectivity index (χ3v) is 4.30. The fourth-order valence-electron chi connectivity index (χ4n) is 1.82. The van der Waals surface area contributed by atoms with E-state index in [0.29, 0.717) is 22.3 Å². The van der Waals surface area contributed by atoms with Gasteiger partial charge in [-0.3, -0.25) is 0 Å². The summed E-state index contributed by atoms with van der Waals surface area (Å²) in [6, 6.07) is 0.344. The van der Waals surface area contributed by atoms with E-state index in [2.05, 4.69) is 27.1 Å². The fourth-order valence-corrected chi connectivity index (χ4v) is 3.09. The number of halogens is 2. The van der Waals surface area contributed by atoms with Crippen LogP contribution in [0, 0.1) is 0 Å². The van der Waals surface area contributed by atoms with Crippen molar-refractivity contribution in [3.8, 4) is 0 Å². The second-order valence-corrected chi connectivity index (χ2v) is 5.42. The van der Waals surface area contributed by atoms with E-state index in [-0.39, 0.29) is 0 Å². The highest BCUT2D eigenvalue weighted by Gasteiger charge is 2.22. The SMILES string of the molecule is CSc1c(Cl)nc(N2CCNCC2C)nc1Cl. The summed E-state index contributed by atoms with van der Waals surface area (Å²) in [4.78, 5) is 11.5. The van der Waals surface area contributed by atoms with Crippen LogP contribution in [0.4, 0.5) is 5.95 Å². The van der Waals surface area contributed by atoms with Crippen molar-refractivity contribution in [2.24, 2.45) is 0 Å². The number of rotatable bonds is 2. The highest BCUT2D eigenvalue weighted by Crippen LogP contribution is 2.32. The van der Waals surface area contributed by atoms with Gasteiger partial charge in [0.25, 0.3) is 0 Å². The molecular formula is C10H14Cl2N4S. The molecule has 0 aromatic carbocycles. The van der Waals surface area contributed by atoms with Crippen molar-refractivity contribution in [2.45, 2.75) is 17.9 Å². The number of nitrogens with zero attached hydrogens (tertiary/aromatic N) is 3. The molecule has 4 nitrogen and oxygen atoms in total. The first-order chi connectivity index (χ1) is 8.13. The molecule has 1 aliphatic heterocycles. The number of thioether (sulfide) groups is 1. The number of hydrogen-bond acceptors (Lipinski definition) is 5. The molecule has 94 valence electrons. The van der Waals surface area contributed by atoms with Crippen molar-refractivity contribution < 1.29 is 0 Å². The molecule has 1 saturated heterocycles. The van der Waals surface area contributed by atoms with E-state index in [0.717, 1.165) is 24.5 Å². The molecule has 2 rings (SSSR count). The van der Waals surface area contributed by atoms with E-state index < -0.39 is 0 Å². The molecule has 0 saturated carbocycles. The number of nitrogens with one attached hydrogen (secondary N) is 1. The first kappa shape index (κ1) is 13.2. The van der Waals surface area contributed by atoms with Gasteiger partial charge < -0.3 is 10.2 Å². The molecule has 0 spiro atoms. The van der Waals surface area contributed by atoms with Gasteiger partial charge in [-0.15, -0.1) is 11.8 Å². The zero-order valence-electron chi connectivity index (χ0n) is 9.70. The summed E-state index contributed by atoms with van der Waals surface area (Å²) in [7, 11) is 0. The lowest BCUT2D eigenvalue weighted by Gasteiger charge is -2.34. The standard InChI is InChI=1S/C10H14Cl2N4S/c1-6-5-13-3-4-16(6)10-14-8(11)7(17-2)9(12)15-10/h6,13H,3-5H2,1-2H3. The van der Waals surface area contributed by atoms with Crippen LogP contribution >= 0.6 is 35.0 Å². The Labute approximate surface area is 115 Å². The van der Waals surface area contributed by atoms with Gasteiger partial charge in [0.05, 0.1) is 4.90 Å². The maximum atomic E-state index is 6.10. The van der Waals surface area contributed by atoms with Crippen molar-refractivity contribution in [3.63, 3.8) is 0 Å². The average molecular weight is 293 g/mol. The third-order valence-electron chi connectivity index (χ3n) is 2.73. The van der Waals surface area contributed by atoms with Gasteiger partial charge in [-0.2, -0.15) is 9.97 Å². The molecule has 0 radical (unpaired) electrons. The molecule has 1 aliphatic rings. The second kappa shape index (κ2) is 5.61. The molecule has 0 amide bonds. The van der Waals surface area contributed by atoms with E-state index in [1.54, 1.807) is 0 Å². The van der Waals surface area contributed by atoms with E-state index in [1.807, 2.05) is 6.26 Å². The van der Waals surface area contributed by atoms with Gasteiger partial charge in [0.1, 0.15) is 10.3 Å². The zero-order chi connectivity index (χ0) is 12.4. The number of anilines is 1. The lowest BCUT2D eigenvalue weighted by molar-refractivity contribution is 0.492. The van der Waals surface area contributed by atoms with Gasteiger partial charge in [-0.25, -0.2) is 0 Å². The molecule has 7 heteroatoms. The lowest BCUT2D eigenvalue weighted by Crippen LogP contribution is -2.50. The van der Waals surface area contributed by atoms with E-state index in [1.165, 1.54) is 11.8 Å². The van der Waals surface area contributed by atoms with E-state index in [4.69, 9.17) is 23.2 Å². The van der Waals surface area contributed by atoms with Crippen LogP contribution in [0.1, 0.15) is 6.92 Å². The highest BCUT2D eigenvalue weighted by molar-refractivity contribution is 7.98. The summed E-state index contributed by atoms with van der Waals surface area (Å²) >= 11 is 13.7. The molecule has 1 aromatic heterocycles. The molecule has 1 N–H and O–H groups in total. The maximum absolute atomic E-state index is 6.10. The average Bonchev–Trinajstić information content (AvgIpc) is 2.29. The smallest absolute Gasteiger partial charge is 0.228 e. The molecule has 2 heterocycles. The minimum Gasteiger partial charge on any atom is -0.335 e. The van der Waals surface area contributed by atoms with Crippen LogP contribution in [0.3, 0.4) is 0 Å². The molecule has 1 aromatic rings. The van der Waals surface area contributed by atoms with Crippen molar-refractivity contribution in [1.29, 1.82) is 0 Å². The number of hydrogen-bond donors (Lipinski definition) is 1. The summed E-state index contributed by atoms with van der Waals surface area (Å²) in [5.41, 5.74) is 0. The number of aromatic nitrogens is 2. The van der Waals surface area contributed by atoms with Crippen LogP contribution < -0.4 is 10.2 Å². The van der Waals surface area contributed by atoms with Crippen LogP contribution in [0.15, 0.2) is 4.90 Å². The summed E-state index contributed by atoms with van der Waals surface area (Å²) in [5.74, 6) is 0.617. The highest BCUT2D eigenvalue weighted by atomic mass is 35.5. The topological polar surface area (TPSA) is 41.1 Å². The van der Waals surface area contributed by atoms with Crippen LogP contribution in [0.5, 0.6) is 0 Å². The van der Waals surface area contributed by atoms with Crippen LogP contribution in [-0.2, 0) is 0 Å². The summed E-state index contributed by atoms with van der Waals surface area (Å²) in [6.07, 6.45) is 1.91. The Bertz CT molecular complexity index is 392. The molecule has 1 unspecified atom stereocenters.